The van der Waals surface area contributed by atoms with Crippen LogP contribution in [0.25, 0.3) is 11.0 Å². The third-order valence-corrected chi connectivity index (χ3v) is 3.53. The van der Waals surface area contributed by atoms with Crippen molar-refractivity contribution in [2.45, 2.75) is 13.5 Å². The lowest BCUT2D eigenvalue weighted by Gasteiger charge is -2.07. The molecule has 25 heavy (non-hydrogen) atoms. The SMILES string of the molecule is CCOc1cccc(C(=O)COC(=O)Cn2nnc3ccccc32)c1. The molecule has 0 saturated heterocycles. The van der Waals surface area contributed by atoms with Crippen LogP contribution in [0.1, 0.15) is 17.3 Å². The molecule has 0 atom stereocenters. The van der Waals surface area contributed by atoms with Crippen LogP contribution in [0.5, 0.6) is 5.75 Å². The molecule has 7 heteroatoms. The summed E-state index contributed by atoms with van der Waals surface area (Å²) in [4.78, 5) is 24.1. The number of carbonyl (C=O) groups excluding carboxylic acids is 2. The number of ketones is 1. The lowest BCUT2D eigenvalue weighted by atomic mass is 10.1. The van der Waals surface area contributed by atoms with Gasteiger partial charge in [-0.05, 0) is 31.2 Å². The van der Waals surface area contributed by atoms with Gasteiger partial charge in [-0.25, -0.2) is 4.68 Å². The Morgan fingerprint density at radius 3 is 2.80 bits per heavy atom. The van der Waals surface area contributed by atoms with E-state index in [0.717, 1.165) is 5.52 Å². The Morgan fingerprint density at radius 2 is 1.96 bits per heavy atom. The van der Waals surface area contributed by atoms with E-state index in [9.17, 15) is 9.59 Å². The molecule has 128 valence electrons. The quantitative estimate of drug-likeness (QED) is 0.485. The first kappa shape index (κ1) is 16.6. The van der Waals surface area contributed by atoms with Gasteiger partial charge in [-0.1, -0.05) is 29.5 Å². The average Bonchev–Trinajstić information content (AvgIpc) is 3.03. The molecule has 0 fully saturated rings. The molecule has 0 aliphatic heterocycles. The molecule has 0 saturated carbocycles. The van der Waals surface area contributed by atoms with Crippen LogP contribution in [-0.4, -0.2) is 40.0 Å². The van der Waals surface area contributed by atoms with Crippen molar-refractivity contribution in [1.82, 2.24) is 15.0 Å². The molecule has 0 bridgehead atoms. The number of ether oxygens (including phenoxy) is 2. The van der Waals surface area contributed by atoms with Gasteiger partial charge >= 0.3 is 5.97 Å². The first-order valence-corrected chi connectivity index (χ1v) is 7.87. The summed E-state index contributed by atoms with van der Waals surface area (Å²) in [5, 5.41) is 7.88. The number of fused-ring (bicyclic) bond motifs is 1. The van der Waals surface area contributed by atoms with Crippen LogP contribution in [-0.2, 0) is 16.1 Å². The van der Waals surface area contributed by atoms with Gasteiger partial charge in [0, 0.05) is 5.56 Å². The summed E-state index contributed by atoms with van der Waals surface area (Å²) in [6.45, 7) is 1.94. The number of esters is 1. The zero-order valence-corrected chi connectivity index (χ0v) is 13.7. The number of nitrogens with zero attached hydrogens (tertiary/aromatic N) is 3. The van der Waals surface area contributed by atoms with Gasteiger partial charge in [0.15, 0.2) is 12.4 Å². The minimum absolute atomic E-state index is 0.104. The molecule has 0 aliphatic rings. The minimum Gasteiger partial charge on any atom is -0.494 e. The molecule has 0 radical (unpaired) electrons. The van der Waals surface area contributed by atoms with Crippen LogP contribution in [0.4, 0.5) is 0 Å². The molecular weight excluding hydrogens is 322 g/mol. The van der Waals surface area contributed by atoms with Gasteiger partial charge in [0.25, 0.3) is 0 Å². The molecule has 1 aromatic heterocycles. The second-order valence-corrected chi connectivity index (χ2v) is 5.28. The Labute approximate surface area is 144 Å². The van der Waals surface area contributed by atoms with E-state index < -0.39 is 5.97 Å². The fourth-order valence-corrected chi connectivity index (χ4v) is 2.36. The molecule has 0 unspecified atom stereocenters. The second-order valence-electron chi connectivity index (χ2n) is 5.28. The second kappa shape index (κ2) is 7.57. The predicted octanol–water partition coefficient (Wildman–Crippen LogP) is 2.26. The van der Waals surface area contributed by atoms with Crippen LogP contribution in [0.15, 0.2) is 48.5 Å². The van der Waals surface area contributed by atoms with Crippen molar-refractivity contribution in [3.63, 3.8) is 0 Å². The van der Waals surface area contributed by atoms with Crippen molar-refractivity contribution in [2.24, 2.45) is 0 Å². The molecule has 3 aromatic rings. The molecule has 0 spiro atoms. The number of hydrogen-bond donors (Lipinski definition) is 0. The van der Waals surface area contributed by atoms with Crippen molar-refractivity contribution in [3.05, 3.63) is 54.1 Å². The number of rotatable bonds is 7. The van der Waals surface area contributed by atoms with Gasteiger partial charge < -0.3 is 9.47 Å². The van der Waals surface area contributed by atoms with Crippen LogP contribution in [0.2, 0.25) is 0 Å². The number of aromatic nitrogens is 3. The van der Waals surface area contributed by atoms with Crippen LogP contribution in [0.3, 0.4) is 0 Å². The fourth-order valence-electron chi connectivity index (χ4n) is 2.36. The lowest BCUT2D eigenvalue weighted by molar-refractivity contribution is -0.143. The maximum atomic E-state index is 12.2. The predicted molar refractivity (Wildman–Crippen MR) is 90.4 cm³/mol. The van der Waals surface area contributed by atoms with Crippen LogP contribution in [0, 0.1) is 0 Å². The maximum Gasteiger partial charge on any atom is 0.328 e. The van der Waals surface area contributed by atoms with E-state index in [1.807, 2.05) is 25.1 Å². The Morgan fingerprint density at radius 1 is 1.12 bits per heavy atom. The molecule has 3 rings (SSSR count). The summed E-state index contributed by atoms with van der Waals surface area (Å²) >= 11 is 0. The average molecular weight is 339 g/mol. The van der Waals surface area contributed by atoms with Crippen LogP contribution >= 0.6 is 0 Å². The number of hydrogen-bond acceptors (Lipinski definition) is 6. The third kappa shape index (κ3) is 4.00. The number of benzene rings is 2. The van der Waals surface area contributed by atoms with Crippen molar-refractivity contribution >= 4 is 22.8 Å². The van der Waals surface area contributed by atoms with Gasteiger partial charge in [0.2, 0.25) is 0 Å². The highest BCUT2D eigenvalue weighted by Gasteiger charge is 2.13. The summed E-state index contributed by atoms with van der Waals surface area (Å²) in [5.41, 5.74) is 1.86. The Hall–Kier alpha value is -3.22. The van der Waals surface area contributed by atoms with Crippen molar-refractivity contribution < 1.29 is 19.1 Å². The van der Waals surface area contributed by atoms with E-state index in [0.29, 0.717) is 23.4 Å². The first-order valence-electron chi connectivity index (χ1n) is 7.87. The highest BCUT2D eigenvalue weighted by molar-refractivity contribution is 5.98. The van der Waals surface area contributed by atoms with Gasteiger partial charge in [0.05, 0.1) is 12.1 Å². The molecule has 7 nitrogen and oxygen atoms in total. The largest absolute Gasteiger partial charge is 0.494 e. The van der Waals surface area contributed by atoms with E-state index >= 15 is 0 Å². The number of Topliss-reactive ketones (excluding diaryl/α,β-unsaturated/α-hetero) is 1. The third-order valence-electron chi connectivity index (χ3n) is 3.53. The van der Waals surface area contributed by atoms with Crippen molar-refractivity contribution in [3.8, 4) is 5.75 Å². The molecular formula is C18H17N3O4. The summed E-state index contributed by atoms with van der Waals surface area (Å²) in [6, 6.07) is 14.1. The zero-order chi connectivity index (χ0) is 17.6. The molecule has 0 amide bonds. The van der Waals surface area contributed by atoms with E-state index in [1.165, 1.54) is 4.68 Å². The molecule has 0 N–H and O–H groups in total. The number of para-hydroxylation sites is 1. The van der Waals surface area contributed by atoms with Gasteiger partial charge in [-0.3, -0.25) is 9.59 Å². The first-order chi connectivity index (χ1) is 12.2. The fraction of sp³-hybridized carbons (Fsp3) is 0.222. The lowest BCUT2D eigenvalue weighted by Crippen LogP contribution is -2.19. The highest BCUT2D eigenvalue weighted by atomic mass is 16.5. The van der Waals surface area contributed by atoms with Crippen LogP contribution < -0.4 is 4.74 Å². The van der Waals surface area contributed by atoms with Gasteiger partial charge in [-0.15, -0.1) is 5.10 Å². The van der Waals surface area contributed by atoms with E-state index in [2.05, 4.69) is 10.3 Å². The zero-order valence-electron chi connectivity index (χ0n) is 13.7. The molecule has 0 aliphatic carbocycles. The minimum atomic E-state index is -0.551. The van der Waals surface area contributed by atoms with Gasteiger partial charge in [0.1, 0.15) is 17.8 Å². The van der Waals surface area contributed by atoms with E-state index in [4.69, 9.17) is 9.47 Å². The maximum absolute atomic E-state index is 12.2. The summed E-state index contributed by atoms with van der Waals surface area (Å²) < 4.78 is 11.9. The van der Waals surface area contributed by atoms with Crippen molar-refractivity contribution in [1.29, 1.82) is 0 Å². The van der Waals surface area contributed by atoms with Crippen molar-refractivity contribution in [2.75, 3.05) is 13.2 Å². The monoisotopic (exact) mass is 339 g/mol. The number of carbonyl (C=O) groups is 2. The molecule has 1 heterocycles. The topological polar surface area (TPSA) is 83.3 Å². The smallest absolute Gasteiger partial charge is 0.328 e. The summed E-state index contributed by atoms with van der Waals surface area (Å²) in [6.07, 6.45) is 0. The normalized spacial score (nSPS) is 10.6. The Kier molecular flexibility index (Phi) is 5.03. The van der Waals surface area contributed by atoms with Gasteiger partial charge in [-0.2, -0.15) is 0 Å². The summed E-state index contributed by atoms with van der Waals surface area (Å²) in [7, 11) is 0. The summed E-state index contributed by atoms with van der Waals surface area (Å²) in [5.74, 6) is -0.239. The Balaban J connectivity index is 1.58. The standard InChI is InChI=1S/C18H17N3O4/c1-2-24-14-7-5-6-13(10-14)17(22)12-25-18(23)11-21-16-9-4-3-8-15(16)19-20-21/h3-10H,2,11-12H2,1H3. The van der Waals surface area contributed by atoms with E-state index in [-0.39, 0.29) is 18.9 Å². The van der Waals surface area contributed by atoms with E-state index in [1.54, 1.807) is 30.3 Å². The Bertz CT molecular complexity index is 904. The highest BCUT2D eigenvalue weighted by Crippen LogP contribution is 2.14. The molecule has 2 aromatic carbocycles.